The second kappa shape index (κ2) is 12.7. The Morgan fingerprint density at radius 2 is 2.00 bits per heavy atom. The molecule has 0 saturated carbocycles. The van der Waals surface area contributed by atoms with Crippen LogP contribution in [-0.2, 0) is 24.2 Å². The van der Waals surface area contributed by atoms with E-state index in [1.807, 2.05) is 41.3 Å². The van der Waals surface area contributed by atoms with Gasteiger partial charge in [0.25, 0.3) is 5.91 Å². The van der Waals surface area contributed by atoms with E-state index < -0.39 is 17.9 Å². The molecular weight excluding hydrogens is 453 g/mol. The van der Waals surface area contributed by atoms with Gasteiger partial charge in [-0.3, -0.25) is 4.79 Å². The fourth-order valence-corrected chi connectivity index (χ4v) is 3.96. The van der Waals surface area contributed by atoms with Gasteiger partial charge in [0.05, 0.1) is 6.33 Å². The number of carboxylic acid groups (broad SMARTS) is 1. The number of rotatable bonds is 12. The van der Waals surface area contributed by atoms with Crippen molar-refractivity contribution in [2.75, 3.05) is 12.0 Å². The van der Waals surface area contributed by atoms with Gasteiger partial charge in [0, 0.05) is 24.5 Å². The predicted octanol–water partition coefficient (Wildman–Crippen LogP) is 4.46. The van der Waals surface area contributed by atoms with Crippen LogP contribution in [0.5, 0.6) is 0 Å². The Hall–Kier alpha value is -3.39. The summed E-state index contributed by atoms with van der Waals surface area (Å²) in [5.74, 6) is -1.12. The minimum absolute atomic E-state index is 0.291. The van der Waals surface area contributed by atoms with Crippen LogP contribution in [0.1, 0.15) is 33.5 Å². The van der Waals surface area contributed by atoms with Crippen molar-refractivity contribution >= 4 is 29.7 Å². The van der Waals surface area contributed by atoms with Crippen LogP contribution in [0.3, 0.4) is 0 Å². The van der Waals surface area contributed by atoms with Crippen LogP contribution >= 0.6 is 11.8 Å². The van der Waals surface area contributed by atoms with Crippen LogP contribution in [0.25, 0.3) is 6.08 Å². The second-order valence-corrected chi connectivity index (χ2v) is 8.84. The average Bonchev–Trinajstić information content (AvgIpc) is 3.35. The molecule has 1 atom stereocenters. The summed E-state index contributed by atoms with van der Waals surface area (Å²) in [6.45, 7) is 0.642. The highest BCUT2D eigenvalue weighted by atomic mass is 32.2. The van der Waals surface area contributed by atoms with Gasteiger partial charge in [-0.1, -0.05) is 36.4 Å². The molecule has 6 nitrogen and oxygen atoms in total. The smallest absolute Gasteiger partial charge is 0.326 e. The molecule has 178 valence electrons. The van der Waals surface area contributed by atoms with Gasteiger partial charge in [0.1, 0.15) is 11.9 Å². The maximum Gasteiger partial charge on any atom is 0.326 e. The fourth-order valence-electron chi connectivity index (χ4n) is 3.49. The zero-order valence-corrected chi connectivity index (χ0v) is 19.8. The topological polar surface area (TPSA) is 84.2 Å². The lowest BCUT2D eigenvalue weighted by Crippen LogP contribution is -2.41. The van der Waals surface area contributed by atoms with Gasteiger partial charge < -0.3 is 15.0 Å². The molecule has 1 amide bonds. The lowest BCUT2D eigenvalue weighted by Gasteiger charge is -2.16. The summed E-state index contributed by atoms with van der Waals surface area (Å²) in [7, 11) is 0. The highest BCUT2D eigenvalue weighted by Gasteiger charge is 2.22. The molecule has 2 N–H and O–H groups in total. The molecule has 0 aliphatic heterocycles. The Bertz CT molecular complexity index is 1110. The van der Waals surface area contributed by atoms with Crippen LogP contribution in [0.2, 0.25) is 0 Å². The van der Waals surface area contributed by atoms with E-state index in [9.17, 15) is 19.1 Å². The van der Waals surface area contributed by atoms with E-state index in [0.29, 0.717) is 37.1 Å². The lowest BCUT2D eigenvalue weighted by atomic mass is 9.96. The highest BCUT2D eigenvalue weighted by molar-refractivity contribution is 7.98. The standard InChI is InChI=1S/C26H28FN3O3S/c1-34-16-12-24(26(32)33)29-25(31)23-17-20(3-2-14-30-15-13-28-18-30)5-9-21(23)8-4-19-6-10-22(27)11-7-19/h2-3,5-7,9-11,13,15,17-18,24H,4,8,12,14,16H2,1H3,(H,29,31)(H,32,33)/b3-2+/t24-/m0/s1. The predicted molar refractivity (Wildman–Crippen MR) is 133 cm³/mol. The number of halogens is 1. The van der Waals surface area contributed by atoms with Crippen molar-refractivity contribution in [2.24, 2.45) is 0 Å². The number of thioether (sulfide) groups is 1. The number of carbonyl (C=O) groups excluding carboxylic acids is 1. The van der Waals surface area contributed by atoms with Crippen LogP contribution in [0.15, 0.2) is 67.3 Å². The number of nitrogens with one attached hydrogen (secondary N) is 1. The first-order valence-corrected chi connectivity index (χ1v) is 12.4. The third-order valence-electron chi connectivity index (χ3n) is 5.37. The van der Waals surface area contributed by atoms with Crippen LogP contribution in [-0.4, -0.2) is 44.6 Å². The number of aliphatic carboxylic acids is 1. The molecule has 0 unspecified atom stereocenters. The Kier molecular flexibility index (Phi) is 9.46. The van der Waals surface area contributed by atoms with E-state index in [0.717, 1.165) is 16.7 Å². The van der Waals surface area contributed by atoms with Gasteiger partial charge in [-0.25, -0.2) is 14.2 Å². The van der Waals surface area contributed by atoms with Gasteiger partial charge >= 0.3 is 5.97 Å². The number of imidazole rings is 1. The monoisotopic (exact) mass is 481 g/mol. The number of hydrogen-bond donors (Lipinski definition) is 2. The number of benzene rings is 2. The maximum absolute atomic E-state index is 13.2. The third-order valence-corrected chi connectivity index (χ3v) is 6.02. The number of aryl methyl sites for hydroxylation is 2. The van der Waals surface area contributed by atoms with E-state index >= 15 is 0 Å². The van der Waals surface area contributed by atoms with E-state index in [4.69, 9.17) is 0 Å². The fraction of sp³-hybridized carbons (Fsp3) is 0.269. The van der Waals surface area contributed by atoms with Crippen molar-refractivity contribution in [3.05, 3.63) is 95.3 Å². The first-order chi connectivity index (χ1) is 16.5. The minimum Gasteiger partial charge on any atom is -0.480 e. The van der Waals surface area contributed by atoms with Crippen molar-refractivity contribution in [2.45, 2.75) is 31.8 Å². The molecule has 0 spiro atoms. The number of carbonyl (C=O) groups is 2. The Balaban J connectivity index is 1.81. The van der Waals surface area contributed by atoms with Crippen molar-refractivity contribution in [3.63, 3.8) is 0 Å². The quantitative estimate of drug-likeness (QED) is 0.399. The summed E-state index contributed by atoms with van der Waals surface area (Å²) in [4.78, 5) is 28.8. The molecule has 0 bridgehead atoms. The van der Waals surface area contributed by atoms with Gasteiger partial charge in [-0.05, 0) is 66.2 Å². The average molecular weight is 482 g/mol. The summed E-state index contributed by atoms with van der Waals surface area (Å²) >= 11 is 1.53. The molecule has 2 aromatic carbocycles. The Morgan fingerprint density at radius 1 is 1.21 bits per heavy atom. The Morgan fingerprint density at radius 3 is 2.68 bits per heavy atom. The molecule has 0 fully saturated rings. The molecule has 1 aromatic heterocycles. The zero-order valence-electron chi connectivity index (χ0n) is 19.0. The summed E-state index contributed by atoms with van der Waals surface area (Å²) in [6, 6.07) is 11.0. The number of aromatic nitrogens is 2. The first-order valence-electron chi connectivity index (χ1n) is 11.0. The number of amides is 1. The number of hydrogen-bond acceptors (Lipinski definition) is 4. The van der Waals surface area contributed by atoms with Crippen molar-refractivity contribution < 1.29 is 19.1 Å². The van der Waals surface area contributed by atoms with Crippen LogP contribution < -0.4 is 5.32 Å². The maximum atomic E-state index is 13.2. The van der Waals surface area contributed by atoms with E-state index in [1.54, 1.807) is 30.7 Å². The molecular formula is C26H28FN3O3S. The zero-order chi connectivity index (χ0) is 24.3. The number of nitrogens with zero attached hydrogens (tertiary/aromatic N) is 2. The molecule has 0 saturated heterocycles. The lowest BCUT2D eigenvalue weighted by molar-refractivity contribution is -0.139. The van der Waals surface area contributed by atoms with Crippen molar-refractivity contribution in [1.29, 1.82) is 0 Å². The van der Waals surface area contributed by atoms with E-state index in [-0.39, 0.29) is 5.82 Å². The SMILES string of the molecule is CSCC[C@H](NC(=O)c1cc(/C=C/Cn2ccnc2)ccc1CCc1ccc(F)cc1)C(=O)O. The summed E-state index contributed by atoms with van der Waals surface area (Å²) < 4.78 is 15.1. The Labute approximate surface area is 202 Å². The summed E-state index contributed by atoms with van der Waals surface area (Å²) in [6.07, 6.45) is 12.6. The van der Waals surface area contributed by atoms with Crippen LogP contribution in [0, 0.1) is 5.82 Å². The van der Waals surface area contributed by atoms with Gasteiger partial charge in [-0.15, -0.1) is 0 Å². The van der Waals surface area contributed by atoms with Crippen molar-refractivity contribution in [1.82, 2.24) is 14.9 Å². The highest BCUT2D eigenvalue weighted by Crippen LogP contribution is 2.18. The molecule has 0 aliphatic carbocycles. The van der Waals surface area contributed by atoms with Gasteiger partial charge in [0.15, 0.2) is 0 Å². The second-order valence-electron chi connectivity index (χ2n) is 7.85. The minimum atomic E-state index is -1.05. The molecule has 0 aliphatic rings. The van der Waals surface area contributed by atoms with E-state index in [1.165, 1.54) is 23.9 Å². The first kappa shape index (κ1) is 25.2. The van der Waals surface area contributed by atoms with E-state index in [2.05, 4.69) is 10.3 Å². The van der Waals surface area contributed by atoms with Crippen LogP contribution in [0.4, 0.5) is 4.39 Å². The molecule has 8 heteroatoms. The molecule has 3 rings (SSSR count). The number of carboxylic acids is 1. The normalized spacial score (nSPS) is 12.1. The molecule has 3 aromatic rings. The molecule has 0 radical (unpaired) electrons. The number of allylic oxidation sites excluding steroid dienone is 1. The summed E-state index contributed by atoms with van der Waals surface area (Å²) in [5.41, 5.74) is 3.05. The van der Waals surface area contributed by atoms with Gasteiger partial charge in [0.2, 0.25) is 0 Å². The molecule has 1 heterocycles. The van der Waals surface area contributed by atoms with Crippen molar-refractivity contribution in [3.8, 4) is 0 Å². The van der Waals surface area contributed by atoms with Gasteiger partial charge in [-0.2, -0.15) is 11.8 Å². The third kappa shape index (κ3) is 7.59. The molecule has 34 heavy (non-hydrogen) atoms. The largest absolute Gasteiger partial charge is 0.480 e. The summed E-state index contributed by atoms with van der Waals surface area (Å²) in [5, 5.41) is 12.2.